The fourth-order valence-corrected chi connectivity index (χ4v) is 1.95. The van der Waals surface area contributed by atoms with Gasteiger partial charge < -0.3 is 5.73 Å². The van der Waals surface area contributed by atoms with Gasteiger partial charge in [-0.15, -0.1) is 0 Å². The first-order valence-electron chi connectivity index (χ1n) is 6.60. The first-order chi connectivity index (χ1) is 9.52. The third-order valence-corrected chi connectivity index (χ3v) is 3.38. The molecule has 0 radical (unpaired) electrons. The van der Waals surface area contributed by atoms with Crippen LogP contribution in [0, 0.1) is 0 Å². The molecular weight excluding hydrogens is 274 g/mol. The summed E-state index contributed by atoms with van der Waals surface area (Å²) in [6, 6.07) is 5.43. The number of hydrogen-bond donors (Lipinski definition) is 2. The van der Waals surface area contributed by atoms with Crippen LogP contribution < -0.4 is 5.73 Å². The molecule has 1 atom stereocenters. The number of Topliss-reactive ketones (excluding diaryl/α,β-unsaturated/α-hetero) is 3. The largest absolute Gasteiger partial charge is 0.320 e. The molecule has 0 heterocycles. The Bertz CT molecular complexity index is 514. The summed E-state index contributed by atoms with van der Waals surface area (Å²) < 4.78 is 0. The molecule has 20 heavy (non-hydrogen) atoms. The summed E-state index contributed by atoms with van der Waals surface area (Å²) in [4.78, 5) is 36.0. The summed E-state index contributed by atoms with van der Waals surface area (Å²) in [6.07, 6.45) is 2.02. The lowest BCUT2D eigenvalue weighted by Crippen LogP contribution is -2.38. The van der Waals surface area contributed by atoms with E-state index in [1.54, 1.807) is 18.2 Å². The Morgan fingerprint density at radius 3 is 2.35 bits per heavy atom. The number of carbonyl (C=O) groups is 3. The van der Waals surface area contributed by atoms with E-state index in [2.05, 4.69) is 12.6 Å². The number of carbonyl (C=O) groups excluding carboxylic acids is 3. The Hall–Kier alpha value is -1.46. The normalized spacial score (nSPS) is 11.9. The van der Waals surface area contributed by atoms with Crippen LogP contribution in [-0.2, 0) is 4.79 Å². The Morgan fingerprint density at radius 2 is 1.80 bits per heavy atom. The monoisotopic (exact) mass is 293 g/mol. The molecule has 0 saturated carbocycles. The lowest BCUT2D eigenvalue weighted by molar-refractivity contribution is -0.115. The van der Waals surface area contributed by atoms with Crippen LogP contribution in [0.15, 0.2) is 24.3 Å². The van der Waals surface area contributed by atoms with Crippen molar-refractivity contribution in [3.63, 3.8) is 0 Å². The third-order valence-electron chi connectivity index (χ3n) is 2.99. The molecule has 0 aromatic heterocycles. The zero-order valence-electron chi connectivity index (χ0n) is 11.5. The summed E-state index contributed by atoms with van der Waals surface area (Å²) in [7, 11) is 0. The third kappa shape index (κ3) is 4.02. The van der Waals surface area contributed by atoms with Crippen molar-refractivity contribution in [2.45, 2.75) is 32.2 Å². The molecular formula is C15H19NO3S. The van der Waals surface area contributed by atoms with Gasteiger partial charge in [-0.1, -0.05) is 37.6 Å². The summed E-state index contributed by atoms with van der Waals surface area (Å²) in [6.45, 7) is 1.99. The molecule has 0 aliphatic heterocycles. The Balaban J connectivity index is 3.04. The number of rotatable bonds is 8. The fraction of sp³-hybridized carbons (Fsp3) is 0.400. The van der Waals surface area contributed by atoms with Crippen molar-refractivity contribution in [1.29, 1.82) is 0 Å². The van der Waals surface area contributed by atoms with Gasteiger partial charge in [0, 0.05) is 23.3 Å². The van der Waals surface area contributed by atoms with E-state index in [-0.39, 0.29) is 17.1 Å². The molecule has 0 spiro atoms. The van der Waals surface area contributed by atoms with Crippen molar-refractivity contribution >= 4 is 30.0 Å². The van der Waals surface area contributed by atoms with Gasteiger partial charge in [-0.3, -0.25) is 14.4 Å². The molecule has 5 heteroatoms. The predicted molar refractivity (Wildman–Crippen MR) is 81.5 cm³/mol. The van der Waals surface area contributed by atoms with E-state index in [4.69, 9.17) is 5.73 Å². The summed E-state index contributed by atoms with van der Waals surface area (Å²) in [5.41, 5.74) is 5.96. The minimum absolute atomic E-state index is 0.0938. The molecule has 0 amide bonds. The van der Waals surface area contributed by atoms with Crippen LogP contribution in [0.5, 0.6) is 0 Å². The maximum atomic E-state index is 12.1. The quantitative estimate of drug-likeness (QED) is 0.437. The second-order valence-corrected chi connectivity index (χ2v) is 4.92. The number of benzene rings is 1. The van der Waals surface area contributed by atoms with Crippen LogP contribution in [0.4, 0.5) is 0 Å². The van der Waals surface area contributed by atoms with E-state index in [9.17, 15) is 14.4 Å². The lowest BCUT2D eigenvalue weighted by atomic mass is 9.94. The van der Waals surface area contributed by atoms with Crippen molar-refractivity contribution in [2.75, 3.05) is 5.75 Å². The summed E-state index contributed by atoms with van der Waals surface area (Å²) in [5.74, 6) is -1.46. The highest BCUT2D eigenvalue weighted by Crippen LogP contribution is 2.15. The number of hydrogen-bond acceptors (Lipinski definition) is 5. The van der Waals surface area contributed by atoms with Gasteiger partial charge in [0.1, 0.15) is 0 Å². The summed E-state index contributed by atoms with van der Waals surface area (Å²) in [5, 5.41) is 0. The first-order valence-corrected chi connectivity index (χ1v) is 7.23. The molecule has 1 rings (SSSR count). The van der Waals surface area contributed by atoms with Gasteiger partial charge in [0.2, 0.25) is 11.6 Å². The molecule has 1 aromatic carbocycles. The maximum absolute atomic E-state index is 12.1. The summed E-state index contributed by atoms with van der Waals surface area (Å²) >= 11 is 3.91. The molecule has 0 fully saturated rings. The van der Waals surface area contributed by atoms with Crippen LogP contribution in [0.3, 0.4) is 0 Å². The minimum Gasteiger partial charge on any atom is -0.320 e. The lowest BCUT2D eigenvalue weighted by Gasteiger charge is -2.09. The van der Waals surface area contributed by atoms with E-state index >= 15 is 0 Å². The van der Waals surface area contributed by atoms with Gasteiger partial charge in [0.25, 0.3) is 0 Å². The van der Waals surface area contributed by atoms with Gasteiger partial charge in [0.15, 0.2) is 5.78 Å². The van der Waals surface area contributed by atoms with Crippen LogP contribution in [0.2, 0.25) is 0 Å². The zero-order valence-corrected chi connectivity index (χ0v) is 12.4. The van der Waals surface area contributed by atoms with Crippen LogP contribution in [0.25, 0.3) is 0 Å². The topological polar surface area (TPSA) is 77.2 Å². The Morgan fingerprint density at radius 1 is 1.20 bits per heavy atom. The molecule has 4 nitrogen and oxygen atoms in total. The molecule has 108 valence electrons. The number of thiol groups is 1. The Labute approximate surface area is 124 Å². The SMILES string of the molecule is CCCCC(=O)c1ccccc1C(=O)C(=O)[C@@H](N)CS. The molecule has 0 saturated heterocycles. The molecule has 0 unspecified atom stereocenters. The molecule has 0 aliphatic rings. The average molecular weight is 293 g/mol. The minimum atomic E-state index is -0.940. The Kier molecular flexibility index (Phi) is 6.61. The van der Waals surface area contributed by atoms with Gasteiger partial charge in [-0.25, -0.2) is 0 Å². The highest BCUT2D eigenvalue weighted by atomic mass is 32.1. The van der Waals surface area contributed by atoms with Crippen LogP contribution in [0.1, 0.15) is 46.9 Å². The van der Waals surface area contributed by atoms with E-state index in [1.165, 1.54) is 6.07 Å². The second-order valence-electron chi connectivity index (χ2n) is 4.55. The first kappa shape index (κ1) is 16.6. The van der Waals surface area contributed by atoms with E-state index < -0.39 is 17.6 Å². The molecule has 0 bridgehead atoms. The van der Waals surface area contributed by atoms with Gasteiger partial charge >= 0.3 is 0 Å². The highest BCUT2D eigenvalue weighted by Gasteiger charge is 2.25. The van der Waals surface area contributed by atoms with E-state index in [1.807, 2.05) is 6.92 Å². The van der Waals surface area contributed by atoms with E-state index in [0.29, 0.717) is 12.0 Å². The smallest absolute Gasteiger partial charge is 0.231 e. The van der Waals surface area contributed by atoms with Crippen molar-refractivity contribution in [1.82, 2.24) is 0 Å². The standard InChI is InChI=1S/C15H19NO3S/c1-2-3-8-13(17)10-6-4-5-7-11(10)14(18)15(19)12(16)9-20/h4-7,12,20H,2-3,8-9,16H2,1H3/t12-/m0/s1. The highest BCUT2D eigenvalue weighted by molar-refractivity contribution is 7.80. The van der Waals surface area contributed by atoms with Gasteiger partial charge in [0.05, 0.1) is 6.04 Å². The fourth-order valence-electron chi connectivity index (χ4n) is 1.78. The van der Waals surface area contributed by atoms with Crippen molar-refractivity contribution in [2.24, 2.45) is 5.73 Å². The maximum Gasteiger partial charge on any atom is 0.231 e. The van der Waals surface area contributed by atoms with Crippen molar-refractivity contribution in [3.05, 3.63) is 35.4 Å². The molecule has 2 N–H and O–H groups in total. The zero-order chi connectivity index (χ0) is 15.1. The van der Waals surface area contributed by atoms with Crippen LogP contribution >= 0.6 is 12.6 Å². The molecule has 1 aromatic rings. The average Bonchev–Trinajstić information content (AvgIpc) is 2.50. The van der Waals surface area contributed by atoms with Crippen LogP contribution in [-0.4, -0.2) is 29.1 Å². The second kappa shape index (κ2) is 7.97. The number of unbranched alkanes of at least 4 members (excludes halogenated alkanes) is 1. The number of ketones is 3. The van der Waals surface area contributed by atoms with E-state index in [0.717, 1.165) is 12.8 Å². The predicted octanol–water partition coefficient (Wildman–Crippen LogP) is 2.07. The molecule has 0 aliphatic carbocycles. The van der Waals surface area contributed by atoms with Crippen molar-refractivity contribution in [3.8, 4) is 0 Å². The van der Waals surface area contributed by atoms with Crippen molar-refractivity contribution < 1.29 is 14.4 Å². The number of nitrogens with two attached hydrogens (primary N) is 1. The van der Waals surface area contributed by atoms with Gasteiger partial charge in [-0.05, 0) is 6.42 Å². The van der Waals surface area contributed by atoms with Gasteiger partial charge in [-0.2, -0.15) is 12.6 Å².